The molecule has 7 nitrogen and oxygen atoms in total. The van der Waals surface area contributed by atoms with Gasteiger partial charge in [-0.1, -0.05) is 6.92 Å². The molecule has 0 aromatic rings. The van der Waals surface area contributed by atoms with Crippen LogP contribution in [0.25, 0.3) is 0 Å². The summed E-state index contributed by atoms with van der Waals surface area (Å²) in [6, 6.07) is -0.589. The molecule has 0 bridgehead atoms. The lowest BCUT2D eigenvalue weighted by Gasteiger charge is -2.34. The maximum atomic E-state index is 12.0. The lowest BCUT2D eigenvalue weighted by molar-refractivity contribution is -0.139. The topological polar surface area (TPSA) is 82.1 Å². The Balaban J connectivity index is 2.41. The highest BCUT2D eigenvalue weighted by molar-refractivity contribution is 5.76. The van der Waals surface area contributed by atoms with Crippen molar-refractivity contribution >= 4 is 12.0 Å². The van der Waals surface area contributed by atoms with Crippen LogP contribution in [0.15, 0.2) is 0 Å². The Labute approximate surface area is 113 Å². The van der Waals surface area contributed by atoms with Crippen molar-refractivity contribution in [1.82, 2.24) is 15.1 Å². The van der Waals surface area contributed by atoms with Crippen molar-refractivity contribution < 1.29 is 19.4 Å². The van der Waals surface area contributed by atoms with E-state index in [4.69, 9.17) is 9.84 Å². The third kappa shape index (κ3) is 5.44. The molecule has 110 valence electrons. The largest absolute Gasteiger partial charge is 0.481 e. The number of nitrogens with zero attached hydrogens (tertiary/aromatic N) is 2. The first-order valence-corrected chi connectivity index (χ1v) is 6.57. The van der Waals surface area contributed by atoms with Crippen molar-refractivity contribution in [3.8, 4) is 0 Å². The molecule has 0 saturated carbocycles. The van der Waals surface area contributed by atoms with Gasteiger partial charge in [0.1, 0.15) is 0 Å². The van der Waals surface area contributed by atoms with Gasteiger partial charge in [0.15, 0.2) is 0 Å². The zero-order valence-electron chi connectivity index (χ0n) is 11.6. The highest BCUT2D eigenvalue weighted by Crippen LogP contribution is 2.10. The number of aliphatic carboxylic acids is 1. The van der Waals surface area contributed by atoms with Crippen LogP contribution in [0.4, 0.5) is 4.79 Å². The monoisotopic (exact) mass is 273 g/mol. The van der Waals surface area contributed by atoms with Crippen molar-refractivity contribution in [2.24, 2.45) is 0 Å². The predicted octanol–water partition coefficient (Wildman–Crippen LogP) is -0.177. The van der Waals surface area contributed by atoms with Gasteiger partial charge in [-0.15, -0.1) is 0 Å². The fraction of sp³-hybridized carbons (Fsp3) is 0.833. The molecule has 2 N–H and O–H groups in total. The van der Waals surface area contributed by atoms with Crippen LogP contribution in [0, 0.1) is 0 Å². The minimum Gasteiger partial charge on any atom is -0.481 e. The molecular formula is C12H23N3O4. The molecule has 1 unspecified atom stereocenters. The Hall–Kier alpha value is -1.34. The number of carbonyl (C=O) groups is 2. The first-order valence-electron chi connectivity index (χ1n) is 6.57. The molecule has 19 heavy (non-hydrogen) atoms. The summed E-state index contributed by atoms with van der Waals surface area (Å²) in [5.41, 5.74) is 0. The number of morpholine rings is 1. The summed E-state index contributed by atoms with van der Waals surface area (Å²) in [5.74, 6) is -0.918. The Morgan fingerprint density at radius 2 is 2.26 bits per heavy atom. The van der Waals surface area contributed by atoms with Crippen molar-refractivity contribution in [2.75, 3.05) is 46.4 Å². The summed E-state index contributed by atoms with van der Waals surface area (Å²) in [6.45, 7) is 5.48. The number of amides is 2. The SMILES string of the molecule is CCN(C)CCNC(=O)N1CCOCC1CC(=O)O. The minimum atomic E-state index is -0.918. The Kier molecular flexibility index (Phi) is 6.58. The number of rotatable bonds is 6. The van der Waals surface area contributed by atoms with E-state index in [2.05, 4.69) is 10.2 Å². The number of carboxylic acids is 1. The number of likely N-dealkylation sites (N-methyl/N-ethyl adjacent to an activating group) is 1. The summed E-state index contributed by atoms with van der Waals surface area (Å²) in [4.78, 5) is 26.4. The fourth-order valence-corrected chi connectivity index (χ4v) is 1.91. The van der Waals surface area contributed by atoms with Crippen molar-refractivity contribution in [1.29, 1.82) is 0 Å². The summed E-state index contributed by atoms with van der Waals surface area (Å²) >= 11 is 0. The number of carbonyl (C=O) groups excluding carboxylic acids is 1. The summed E-state index contributed by atoms with van der Waals surface area (Å²) in [5, 5.41) is 11.6. The number of carboxylic acid groups (broad SMARTS) is 1. The molecule has 1 heterocycles. The quantitative estimate of drug-likeness (QED) is 0.702. The zero-order chi connectivity index (χ0) is 14.3. The van der Waals surface area contributed by atoms with Crippen LogP contribution in [-0.4, -0.2) is 79.4 Å². The second-order valence-corrected chi connectivity index (χ2v) is 4.65. The first-order chi connectivity index (χ1) is 9.04. The van der Waals surface area contributed by atoms with E-state index in [1.165, 1.54) is 0 Å². The van der Waals surface area contributed by atoms with Crippen LogP contribution in [0.3, 0.4) is 0 Å². The molecule has 1 aliphatic rings. The average Bonchev–Trinajstić information content (AvgIpc) is 2.38. The van der Waals surface area contributed by atoms with Gasteiger partial charge in [-0.2, -0.15) is 0 Å². The van der Waals surface area contributed by atoms with Gasteiger partial charge >= 0.3 is 12.0 Å². The first kappa shape index (κ1) is 15.7. The van der Waals surface area contributed by atoms with E-state index in [-0.39, 0.29) is 25.1 Å². The molecule has 1 rings (SSSR count). The Bertz CT molecular complexity index is 311. The zero-order valence-corrected chi connectivity index (χ0v) is 11.6. The van der Waals surface area contributed by atoms with E-state index < -0.39 is 5.97 Å². The predicted molar refractivity (Wildman–Crippen MR) is 70.1 cm³/mol. The van der Waals surface area contributed by atoms with Gasteiger partial charge < -0.3 is 25.0 Å². The summed E-state index contributed by atoms with van der Waals surface area (Å²) in [7, 11) is 1.98. The molecule has 0 radical (unpaired) electrons. The van der Waals surface area contributed by atoms with Gasteiger partial charge in [-0.3, -0.25) is 4.79 Å². The maximum absolute atomic E-state index is 12.0. The van der Waals surface area contributed by atoms with Gasteiger partial charge in [-0.25, -0.2) is 4.79 Å². The lowest BCUT2D eigenvalue weighted by atomic mass is 10.1. The molecular weight excluding hydrogens is 250 g/mol. The molecule has 0 spiro atoms. The highest BCUT2D eigenvalue weighted by atomic mass is 16.5. The third-order valence-corrected chi connectivity index (χ3v) is 3.21. The molecule has 1 aliphatic heterocycles. The van der Waals surface area contributed by atoms with Crippen molar-refractivity contribution in [3.05, 3.63) is 0 Å². The summed E-state index contributed by atoms with van der Waals surface area (Å²) < 4.78 is 5.23. The van der Waals surface area contributed by atoms with Crippen LogP contribution >= 0.6 is 0 Å². The number of urea groups is 1. The van der Waals surface area contributed by atoms with Crippen LogP contribution in [0.5, 0.6) is 0 Å². The number of ether oxygens (including phenoxy) is 1. The van der Waals surface area contributed by atoms with E-state index in [1.807, 2.05) is 14.0 Å². The van der Waals surface area contributed by atoms with Crippen LogP contribution < -0.4 is 5.32 Å². The van der Waals surface area contributed by atoms with Crippen LogP contribution in [0.1, 0.15) is 13.3 Å². The summed E-state index contributed by atoms with van der Waals surface area (Å²) in [6.07, 6.45) is -0.0811. The molecule has 7 heteroatoms. The van der Waals surface area contributed by atoms with Gasteiger partial charge in [0.05, 0.1) is 25.7 Å². The second-order valence-electron chi connectivity index (χ2n) is 4.65. The number of nitrogens with one attached hydrogen (secondary N) is 1. The van der Waals surface area contributed by atoms with E-state index >= 15 is 0 Å². The van der Waals surface area contributed by atoms with Crippen molar-refractivity contribution in [2.45, 2.75) is 19.4 Å². The third-order valence-electron chi connectivity index (χ3n) is 3.21. The van der Waals surface area contributed by atoms with Crippen LogP contribution in [0.2, 0.25) is 0 Å². The average molecular weight is 273 g/mol. The molecule has 0 aliphatic carbocycles. The Morgan fingerprint density at radius 1 is 1.53 bits per heavy atom. The number of hydrogen-bond acceptors (Lipinski definition) is 4. The molecule has 2 amide bonds. The molecule has 1 atom stereocenters. The van der Waals surface area contributed by atoms with Gasteiger partial charge in [0, 0.05) is 19.6 Å². The normalized spacial score (nSPS) is 19.5. The van der Waals surface area contributed by atoms with Crippen LogP contribution in [-0.2, 0) is 9.53 Å². The van der Waals surface area contributed by atoms with E-state index in [0.717, 1.165) is 13.1 Å². The smallest absolute Gasteiger partial charge is 0.317 e. The van der Waals surface area contributed by atoms with Gasteiger partial charge in [0.25, 0.3) is 0 Å². The van der Waals surface area contributed by atoms with E-state index in [0.29, 0.717) is 19.7 Å². The highest BCUT2D eigenvalue weighted by Gasteiger charge is 2.28. The van der Waals surface area contributed by atoms with E-state index in [9.17, 15) is 9.59 Å². The fourth-order valence-electron chi connectivity index (χ4n) is 1.91. The minimum absolute atomic E-state index is 0.0811. The molecule has 1 fully saturated rings. The lowest BCUT2D eigenvalue weighted by Crippen LogP contribution is -2.53. The molecule has 0 aromatic heterocycles. The van der Waals surface area contributed by atoms with Gasteiger partial charge in [-0.05, 0) is 13.6 Å². The standard InChI is InChI=1S/C12H23N3O4/c1-3-14(2)5-4-13-12(18)15-6-7-19-9-10(15)8-11(16)17/h10H,3-9H2,1-2H3,(H,13,18)(H,16,17). The maximum Gasteiger partial charge on any atom is 0.317 e. The van der Waals surface area contributed by atoms with E-state index in [1.54, 1.807) is 4.90 Å². The molecule has 1 saturated heterocycles. The second kappa shape index (κ2) is 7.96. The Morgan fingerprint density at radius 3 is 2.89 bits per heavy atom. The van der Waals surface area contributed by atoms with Crippen molar-refractivity contribution in [3.63, 3.8) is 0 Å². The number of hydrogen-bond donors (Lipinski definition) is 2. The molecule has 0 aromatic carbocycles. The van der Waals surface area contributed by atoms with Gasteiger partial charge in [0.2, 0.25) is 0 Å².